The van der Waals surface area contributed by atoms with Crippen molar-refractivity contribution in [2.24, 2.45) is 0 Å². The highest BCUT2D eigenvalue weighted by Gasteiger charge is 2.22. The van der Waals surface area contributed by atoms with Gasteiger partial charge in [0.25, 0.3) is 5.91 Å². The van der Waals surface area contributed by atoms with Crippen LogP contribution in [-0.4, -0.2) is 50.9 Å². The van der Waals surface area contributed by atoms with E-state index in [1.54, 1.807) is 0 Å². The standard InChI is InChI=1S/C21H26FN3OS/c22-18-7-9-19(10-8-18)25-14-12-24(13-15-25)17-21(26)23-11-4-16-27-20-5-2-1-3-6-20/h1-3,5-10H,4,11-17H2,(H,23,26)/p+1. The summed E-state index contributed by atoms with van der Waals surface area (Å²) in [7, 11) is 0. The molecule has 0 bridgehead atoms. The molecule has 4 nitrogen and oxygen atoms in total. The lowest BCUT2D eigenvalue weighted by atomic mass is 10.2. The van der Waals surface area contributed by atoms with Gasteiger partial charge in [-0.2, -0.15) is 0 Å². The Labute approximate surface area is 164 Å². The van der Waals surface area contributed by atoms with E-state index in [-0.39, 0.29) is 11.7 Å². The van der Waals surface area contributed by atoms with Crippen molar-refractivity contribution >= 4 is 23.4 Å². The van der Waals surface area contributed by atoms with Gasteiger partial charge in [0.05, 0.1) is 26.2 Å². The Morgan fingerprint density at radius 2 is 1.78 bits per heavy atom. The predicted octanol–water partition coefficient (Wildman–Crippen LogP) is 1.83. The number of nitrogens with zero attached hydrogens (tertiary/aromatic N) is 1. The third-order valence-corrected chi connectivity index (χ3v) is 5.83. The molecule has 2 aromatic rings. The molecule has 2 aromatic carbocycles. The van der Waals surface area contributed by atoms with Crippen molar-refractivity contribution in [3.05, 3.63) is 60.4 Å². The fourth-order valence-corrected chi connectivity index (χ4v) is 4.08. The van der Waals surface area contributed by atoms with Crippen LogP contribution in [0.5, 0.6) is 0 Å². The van der Waals surface area contributed by atoms with Crippen LogP contribution < -0.4 is 15.1 Å². The monoisotopic (exact) mass is 388 g/mol. The Kier molecular flexibility index (Phi) is 7.54. The fraction of sp³-hybridized carbons (Fsp3) is 0.381. The Morgan fingerprint density at radius 1 is 1.07 bits per heavy atom. The Morgan fingerprint density at radius 3 is 2.48 bits per heavy atom. The van der Waals surface area contributed by atoms with Gasteiger partial charge in [-0.25, -0.2) is 4.39 Å². The molecule has 1 aliphatic heterocycles. The van der Waals surface area contributed by atoms with Gasteiger partial charge in [0.15, 0.2) is 6.54 Å². The zero-order valence-electron chi connectivity index (χ0n) is 15.5. The van der Waals surface area contributed by atoms with E-state index in [2.05, 4.69) is 22.3 Å². The first-order valence-corrected chi connectivity index (χ1v) is 10.5. The molecule has 0 saturated carbocycles. The van der Waals surface area contributed by atoms with Crippen LogP contribution in [-0.2, 0) is 4.79 Å². The molecular formula is C21H27FN3OS+. The molecule has 6 heteroatoms. The third-order valence-electron chi connectivity index (χ3n) is 4.73. The maximum absolute atomic E-state index is 13.0. The lowest BCUT2D eigenvalue weighted by Crippen LogP contribution is -3.15. The van der Waals surface area contributed by atoms with E-state index < -0.39 is 0 Å². The number of piperazine rings is 1. The lowest BCUT2D eigenvalue weighted by molar-refractivity contribution is -0.892. The highest BCUT2D eigenvalue weighted by Crippen LogP contribution is 2.17. The number of benzene rings is 2. The molecule has 0 aliphatic carbocycles. The second-order valence-corrected chi connectivity index (χ2v) is 7.92. The van der Waals surface area contributed by atoms with Gasteiger partial charge in [-0.3, -0.25) is 4.79 Å². The number of thioether (sulfide) groups is 1. The summed E-state index contributed by atoms with van der Waals surface area (Å²) >= 11 is 1.82. The van der Waals surface area contributed by atoms with Crippen LogP contribution in [0.3, 0.4) is 0 Å². The van der Waals surface area contributed by atoms with Gasteiger partial charge in [0.2, 0.25) is 0 Å². The Bertz CT molecular complexity index is 703. The normalized spacial score (nSPS) is 14.9. The number of carbonyl (C=O) groups excluding carboxylic acids is 1. The second-order valence-electron chi connectivity index (χ2n) is 6.76. The molecule has 0 aromatic heterocycles. The molecule has 1 aliphatic rings. The molecule has 0 atom stereocenters. The summed E-state index contributed by atoms with van der Waals surface area (Å²) in [5.41, 5.74) is 1.05. The van der Waals surface area contributed by atoms with Gasteiger partial charge >= 0.3 is 0 Å². The van der Waals surface area contributed by atoms with Crippen LogP contribution in [0.4, 0.5) is 10.1 Å². The highest BCUT2D eigenvalue weighted by molar-refractivity contribution is 7.99. The van der Waals surface area contributed by atoms with Crippen LogP contribution in [0.15, 0.2) is 59.5 Å². The highest BCUT2D eigenvalue weighted by atomic mass is 32.2. The van der Waals surface area contributed by atoms with Gasteiger partial charge in [-0.05, 0) is 48.6 Å². The van der Waals surface area contributed by atoms with Crippen molar-refractivity contribution in [1.82, 2.24) is 5.32 Å². The SMILES string of the molecule is O=C(C[NH+]1CCN(c2ccc(F)cc2)CC1)NCCCSc1ccccc1. The van der Waals surface area contributed by atoms with Crippen molar-refractivity contribution in [3.8, 4) is 0 Å². The number of anilines is 1. The van der Waals surface area contributed by atoms with Crippen molar-refractivity contribution in [1.29, 1.82) is 0 Å². The maximum Gasteiger partial charge on any atom is 0.275 e. The molecule has 1 fully saturated rings. The average molecular weight is 389 g/mol. The molecule has 144 valence electrons. The summed E-state index contributed by atoms with van der Waals surface area (Å²) in [4.78, 5) is 17.0. The summed E-state index contributed by atoms with van der Waals surface area (Å²) in [6, 6.07) is 17.0. The number of quaternary nitrogens is 1. The number of nitrogens with one attached hydrogen (secondary N) is 2. The zero-order valence-corrected chi connectivity index (χ0v) is 16.3. The van der Waals surface area contributed by atoms with Gasteiger partial charge < -0.3 is 15.1 Å². The lowest BCUT2D eigenvalue weighted by Gasteiger charge is -2.33. The molecule has 3 rings (SSSR count). The minimum Gasteiger partial charge on any atom is -0.360 e. The van der Waals surface area contributed by atoms with E-state index in [0.29, 0.717) is 6.54 Å². The van der Waals surface area contributed by atoms with E-state index in [9.17, 15) is 9.18 Å². The number of halogens is 1. The molecule has 0 spiro atoms. The summed E-state index contributed by atoms with van der Waals surface area (Å²) in [5.74, 6) is 0.930. The first-order chi connectivity index (χ1) is 13.2. The number of hydrogen-bond donors (Lipinski definition) is 2. The topological polar surface area (TPSA) is 36.8 Å². The molecule has 0 unspecified atom stereocenters. The largest absolute Gasteiger partial charge is 0.360 e. The number of rotatable bonds is 8. The van der Waals surface area contributed by atoms with E-state index in [0.717, 1.165) is 50.6 Å². The Balaban J connectivity index is 1.28. The van der Waals surface area contributed by atoms with Crippen LogP contribution in [0.25, 0.3) is 0 Å². The minimum absolute atomic E-state index is 0.130. The fourth-order valence-electron chi connectivity index (χ4n) is 3.21. The molecule has 27 heavy (non-hydrogen) atoms. The van der Waals surface area contributed by atoms with Crippen LogP contribution in [0.1, 0.15) is 6.42 Å². The molecule has 1 saturated heterocycles. The zero-order chi connectivity index (χ0) is 18.9. The van der Waals surface area contributed by atoms with Crippen LogP contribution in [0, 0.1) is 5.82 Å². The van der Waals surface area contributed by atoms with Crippen molar-refractivity contribution in [3.63, 3.8) is 0 Å². The molecule has 2 N–H and O–H groups in total. The smallest absolute Gasteiger partial charge is 0.275 e. The van der Waals surface area contributed by atoms with Crippen molar-refractivity contribution < 1.29 is 14.1 Å². The Hall–Kier alpha value is -2.05. The van der Waals surface area contributed by atoms with Gasteiger partial charge in [0.1, 0.15) is 5.82 Å². The second kappa shape index (κ2) is 10.3. The first kappa shape index (κ1) is 19.7. The van der Waals surface area contributed by atoms with Crippen molar-refractivity contribution in [2.75, 3.05) is 49.9 Å². The number of carbonyl (C=O) groups is 1. The summed E-state index contributed by atoms with van der Waals surface area (Å²) < 4.78 is 13.0. The third kappa shape index (κ3) is 6.56. The maximum atomic E-state index is 13.0. The summed E-state index contributed by atoms with van der Waals surface area (Å²) in [5, 5.41) is 3.04. The van der Waals surface area contributed by atoms with E-state index >= 15 is 0 Å². The molecule has 1 heterocycles. The van der Waals surface area contributed by atoms with Gasteiger partial charge in [-0.15, -0.1) is 11.8 Å². The van der Waals surface area contributed by atoms with Crippen LogP contribution in [0.2, 0.25) is 0 Å². The van der Waals surface area contributed by atoms with E-state index in [4.69, 9.17) is 0 Å². The summed E-state index contributed by atoms with van der Waals surface area (Å²) in [6.45, 7) is 4.89. The van der Waals surface area contributed by atoms with Crippen molar-refractivity contribution in [2.45, 2.75) is 11.3 Å². The van der Waals surface area contributed by atoms with Gasteiger partial charge in [-0.1, -0.05) is 18.2 Å². The molecular weight excluding hydrogens is 361 g/mol. The van der Waals surface area contributed by atoms with Crippen LogP contribution >= 0.6 is 11.8 Å². The molecule has 0 radical (unpaired) electrons. The predicted molar refractivity (Wildman–Crippen MR) is 109 cm³/mol. The summed E-state index contributed by atoms with van der Waals surface area (Å²) in [6.07, 6.45) is 0.971. The quantitative estimate of drug-likeness (QED) is 0.535. The minimum atomic E-state index is -0.207. The molecule has 1 amide bonds. The average Bonchev–Trinajstić information content (AvgIpc) is 2.70. The van der Waals surface area contributed by atoms with E-state index in [1.807, 2.05) is 42.1 Å². The number of amides is 1. The first-order valence-electron chi connectivity index (χ1n) is 9.49. The van der Waals surface area contributed by atoms with Gasteiger partial charge in [0, 0.05) is 17.1 Å². The van der Waals surface area contributed by atoms with E-state index in [1.165, 1.54) is 21.9 Å². The number of hydrogen-bond acceptors (Lipinski definition) is 3.